The van der Waals surface area contributed by atoms with Crippen LogP contribution in [0.2, 0.25) is 18.1 Å². The number of esters is 2. The molecule has 0 spiro atoms. The van der Waals surface area contributed by atoms with Gasteiger partial charge in [-0.2, -0.15) is 0 Å². The number of cyclic esters (lactones) is 2. The summed E-state index contributed by atoms with van der Waals surface area (Å²) in [6.45, 7) is 13.6. The molecule has 3 saturated heterocycles. The maximum absolute atomic E-state index is 12.2. The van der Waals surface area contributed by atoms with Gasteiger partial charge in [-0.25, -0.2) is 0 Å². The molecule has 2 bridgehead atoms. The van der Waals surface area contributed by atoms with E-state index in [2.05, 4.69) is 33.9 Å². The van der Waals surface area contributed by atoms with Crippen molar-refractivity contribution in [3.63, 3.8) is 0 Å². The normalized spacial score (nSPS) is 39.7. The van der Waals surface area contributed by atoms with Crippen LogP contribution in [0.5, 0.6) is 0 Å². The zero-order valence-electron chi connectivity index (χ0n) is 15.0. The summed E-state index contributed by atoms with van der Waals surface area (Å²) in [5, 5.41) is 0.149. The standard InChI is InChI=1S/C17H28O5Si/c1-15(2,3)23(5,6)20-10-9-17-8-7-16(4,22-17)11-12(17)14(19)21-13(11)18/h11-12H,7-10H2,1-6H3/t11-,12+,16?,17?/m1/s1. The minimum atomic E-state index is -1.83. The van der Waals surface area contributed by atoms with Crippen LogP contribution in [-0.4, -0.2) is 38.1 Å². The molecule has 0 N–H and O–H groups in total. The van der Waals surface area contributed by atoms with Gasteiger partial charge in [0.15, 0.2) is 8.32 Å². The number of carbonyl (C=O) groups is 2. The van der Waals surface area contributed by atoms with Gasteiger partial charge >= 0.3 is 11.9 Å². The second-order valence-corrected chi connectivity index (χ2v) is 13.8. The molecule has 0 amide bonds. The smallest absolute Gasteiger partial charge is 0.320 e. The van der Waals surface area contributed by atoms with Gasteiger partial charge < -0.3 is 13.9 Å². The first-order chi connectivity index (χ1) is 10.4. The lowest BCUT2D eigenvalue weighted by molar-refractivity contribution is -0.162. The Balaban J connectivity index is 1.73. The number of hydrogen-bond acceptors (Lipinski definition) is 5. The Labute approximate surface area is 139 Å². The predicted octanol–water partition coefficient (Wildman–Crippen LogP) is 3.04. The van der Waals surface area contributed by atoms with Crippen molar-refractivity contribution in [2.24, 2.45) is 11.8 Å². The van der Waals surface area contributed by atoms with Crippen LogP contribution in [0.3, 0.4) is 0 Å². The summed E-state index contributed by atoms with van der Waals surface area (Å²) in [6, 6.07) is 0. The summed E-state index contributed by atoms with van der Waals surface area (Å²) in [5.41, 5.74) is -1.13. The summed E-state index contributed by atoms with van der Waals surface area (Å²) in [5.74, 6) is -1.70. The second kappa shape index (κ2) is 4.89. The van der Waals surface area contributed by atoms with E-state index in [4.69, 9.17) is 13.9 Å². The molecule has 6 heteroatoms. The fraction of sp³-hybridized carbons (Fsp3) is 0.882. The van der Waals surface area contributed by atoms with Crippen molar-refractivity contribution < 1.29 is 23.5 Å². The fourth-order valence-corrected chi connectivity index (χ4v) is 5.16. The Bertz CT molecular complexity index is 552. The van der Waals surface area contributed by atoms with Crippen LogP contribution in [0.25, 0.3) is 0 Å². The van der Waals surface area contributed by atoms with E-state index >= 15 is 0 Å². The molecule has 4 atom stereocenters. The molecule has 0 aromatic rings. The second-order valence-electron chi connectivity index (χ2n) is 9.03. The van der Waals surface area contributed by atoms with Gasteiger partial charge in [0.1, 0.15) is 11.8 Å². The van der Waals surface area contributed by atoms with Gasteiger partial charge in [0.05, 0.1) is 11.2 Å². The largest absolute Gasteiger partial charge is 0.417 e. The highest BCUT2D eigenvalue weighted by Crippen LogP contribution is 2.61. The SMILES string of the molecule is CC12CCC(CCO[Si](C)(C)C(C)(C)C)(O1)[C@@H]1C(=O)OC(=O)[C@@H]12. The summed E-state index contributed by atoms with van der Waals surface area (Å²) in [6.07, 6.45) is 2.25. The van der Waals surface area contributed by atoms with Crippen molar-refractivity contribution in [1.82, 2.24) is 0 Å². The minimum Gasteiger partial charge on any atom is -0.417 e. The topological polar surface area (TPSA) is 61.8 Å². The van der Waals surface area contributed by atoms with Crippen LogP contribution in [0.4, 0.5) is 0 Å². The van der Waals surface area contributed by atoms with Gasteiger partial charge in [0, 0.05) is 6.61 Å². The van der Waals surface area contributed by atoms with Crippen molar-refractivity contribution >= 4 is 20.3 Å². The van der Waals surface area contributed by atoms with Gasteiger partial charge in [0.25, 0.3) is 0 Å². The van der Waals surface area contributed by atoms with Gasteiger partial charge in [-0.05, 0) is 44.3 Å². The fourth-order valence-electron chi connectivity index (χ4n) is 4.11. The highest BCUT2D eigenvalue weighted by atomic mass is 28.4. The van der Waals surface area contributed by atoms with E-state index in [1.807, 2.05) is 6.92 Å². The molecule has 3 rings (SSSR count). The summed E-state index contributed by atoms with van der Waals surface area (Å²) < 4.78 is 17.4. The highest BCUT2D eigenvalue weighted by Gasteiger charge is 2.73. The lowest BCUT2D eigenvalue weighted by atomic mass is 9.67. The van der Waals surface area contributed by atoms with Crippen molar-refractivity contribution in [3.8, 4) is 0 Å². The Hall–Kier alpha value is -0.723. The van der Waals surface area contributed by atoms with E-state index in [1.165, 1.54) is 0 Å². The molecule has 0 aromatic carbocycles. The Kier molecular flexibility index (Phi) is 3.64. The third kappa shape index (κ3) is 2.41. The average Bonchev–Trinajstić information content (AvgIpc) is 2.96. The molecule has 2 unspecified atom stereocenters. The lowest BCUT2D eigenvalue weighted by Crippen LogP contribution is -2.45. The van der Waals surface area contributed by atoms with Gasteiger partial charge in [-0.3, -0.25) is 9.59 Å². The van der Waals surface area contributed by atoms with E-state index < -0.39 is 43.3 Å². The molecule has 0 aliphatic carbocycles. The molecule has 23 heavy (non-hydrogen) atoms. The molecule has 130 valence electrons. The van der Waals surface area contributed by atoms with Crippen LogP contribution in [0.15, 0.2) is 0 Å². The molecule has 0 aromatic heterocycles. The first kappa shape index (κ1) is 17.1. The van der Waals surface area contributed by atoms with Crippen LogP contribution >= 0.6 is 0 Å². The third-order valence-electron chi connectivity index (χ3n) is 6.54. The predicted molar refractivity (Wildman–Crippen MR) is 87.3 cm³/mol. The average molecular weight is 340 g/mol. The van der Waals surface area contributed by atoms with Crippen LogP contribution < -0.4 is 0 Å². The summed E-state index contributed by atoms with van der Waals surface area (Å²) in [4.78, 5) is 24.2. The highest BCUT2D eigenvalue weighted by molar-refractivity contribution is 6.74. The molecular weight excluding hydrogens is 312 g/mol. The maximum atomic E-state index is 12.2. The number of fused-ring (bicyclic) bond motifs is 5. The molecular formula is C17H28O5Si. The molecule has 5 nitrogen and oxygen atoms in total. The van der Waals surface area contributed by atoms with E-state index in [9.17, 15) is 9.59 Å². The van der Waals surface area contributed by atoms with Gasteiger partial charge in [0.2, 0.25) is 0 Å². The zero-order chi connectivity index (χ0) is 17.3. The number of carbonyl (C=O) groups excluding carboxylic acids is 2. The summed E-state index contributed by atoms with van der Waals surface area (Å²) in [7, 11) is -1.83. The molecule has 3 aliphatic rings. The van der Waals surface area contributed by atoms with E-state index in [-0.39, 0.29) is 5.04 Å². The Morgan fingerprint density at radius 3 is 2.39 bits per heavy atom. The molecule has 0 saturated carbocycles. The van der Waals surface area contributed by atoms with Crippen molar-refractivity contribution in [3.05, 3.63) is 0 Å². The van der Waals surface area contributed by atoms with Gasteiger partial charge in [-0.15, -0.1) is 0 Å². The Morgan fingerprint density at radius 2 is 1.78 bits per heavy atom. The summed E-state index contributed by atoms with van der Waals surface area (Å²) >= 11 is 0. The first-order valence-electron chi connectivity index (χ1n) is 8.52. The maximum Gasteiger partial charge on any atom is 0.320 e. The third-order valence-corrected chi connectivity index (χ3v) is 11.1. The zero-order valence-corrected chi connectivity index (χ0v) is 16.0. The van der Waals surface area contributed by atoms with E-state index in [0.29, 0.717) is 13.0 Å². The van der Waals surface area contributed by atoms with Gasteiger partial charge in [-0.1, -0.05) is 20.8 Å². The molecule has 3 heterocycles. The number of rotatable bonds is 4. The van der Waals surface area contributed by atoms with Crippen molar-refractivity contribution in [1.29, 1.82) is 0 Å². The van der Waals surface area contributed by atoms with Crippen molar-refractivity contribution in [2.45, 2.75) is 76.3 Å². The Morgan fingerprint density at radius 1 is 1.17 bits per heavy atom. The quantitative estimate of drug-likeness (QED) is 0.447. The van der Waals surface area contributed by atoms with E-state index in [1.54, 1.807) is 0 Å². The number of hydrogen-bond donors (Lipinski definition) is 0. The first-order valence-corrected chi connectivity index (χ1v) is 11.4. The number of ether oxygens (including phenoxy) is 2. The molecule has 3 aliphatic heterocycles. The van der Waals surface area contributed by atoms with Crippen LogP contribution in [0, 0.1) is 11.8 Å². The molecule has 0 radical (unpaired) electrons. The lowest BCUT2D eigenvalue weighted by Gasteiger charge is -2.37. The molecule has 3 fully saturated rings. The van der Waals surface area contributed by atoms with E-state index in [0.717, 1.165) is 12.8 Å². The van der Waals surface area contributed by atoms with Crippen LogP contribution in [-0.2, 0) is 23.5 Å². The van der Waals surface area contributed by atoms with Crippen molar-refractivity contribution in [2.75, 3.05) is 6.61 Å². The van der Waals surface area contributed by atoms with Crippen LogP contribution in [0.1, 0.15) is 47.0 Å². The monoisotopic (exact) mass is 340 g/mol. The minimum absolute atomic E-state index is 0.149.